The van der Waals surface area contributed by atoms with E-state index in [1.165, 1.54) is 42.7 Å². The van der Waals surface area contributed by atoms with Gasteiger partial charge in [-0.05, 0) is 142 Å². The number of rotatable bonds is 31. The van der Waals surface area contributed by atoms with Crippen molar-refractivity contribution in [1.29, 1.82) is 10.8 Å². The van der Waals surface area contributed by atoms with Gasteiger partial charge in [0.2, 0.25) is 0 Å². The minimum absolute atomic E-state index is 0.0207. The summed E-state index contributed by atoms with van der Waals surface area (Å²) in [4.78, 5) is 2.42. The fourth-order valence-electron chi connectivity index (χ4n) is 13.8. The van der Waals surface area contributed by atoms with Gasteiger partial charge in [-0.1, -0.05) is 285 Å². The molecule has 32 nitrogen and oxygen atoms in total. The maximum atomic E-state index is 12.0. The number of nitrogens with zero attached hydrogens (tertiary/aromatic N) is 12. The quantitative estimate of drug-likeness (QED) is 0.00773. The average Bonchev–Trinajstić information content (AvgIpc) is 1.56. The van der Waals surface area contributed by atoms with E-state index in [4.69, 9.17) is 16.3 Å². The SMILES string of the molecule is C=C(CC)CN(Cc1ccccc1)S(=O)(=O)NC.C=C1CCNS(=O)(=O)N(Cc2ccccc2)C1.CC.CC1(CN(Cc2ccccc2)S(=O)(=O)N=[N+]=[N-])CC1.CC12CC1NS(=O)(=O)N(Cc1ccccc1)C2.CNS(=O)(=O)N(Cc1ccccc1)CC1(C)CC1.CNS(=O)(=O)N(Cc1ccccc1)CC1(C)CC1.N#N.O=S1(=O)NCC2(CC2)CN1Cc1ccccc1. The van der Waals surface area contributed by atoms with Crippen molar-refractivity contribution in [3.8, 4) is 0 Å². The third-order valence-corrected chi connectivity index (χ3v) is 33.0. The van der Waals surface area contributed by atoms with Crippen LogP contribution in [0.1, 0.15) is 158 Å². The molecule has 7 aromatic rings. The minimum Gasteiger partial charge on any atom is -0.205 e. The molecule has 0 aromatic heterocycles. The van der Waals surface area contributed by atoms with Gasteiger partial charge >= 0.3 is 10.2 Å². The summed E-state index contributed by atoms with van der Waals surface area (Å²) in [6.45, 7) is 29.6. The highest BCUT2D eigenvalue weighted by atomic mass is 32.2. The fourth-order valence-corrected chi connectivity index (χ4v) is 22.1. The van der Waals surface area contributed by atoms with Gasteiger partial charge in [-0.15, -0.1) is 0 Å². The van der Waals surface area contributed by atoms with E-state index >= 15 is 0 Å². The maximum absolute atomic E-state index is 12.0. The molecule has 3 saturated heterocycles. The van der Waals surface area contributed by atoms with Crippen molar-refractivity contribution in [2.24, 2.45) is 31.6 Å². The average molecular weight is 1900 g/mol. The Morgan fingerprint density at radius 2 is 0.789 bits per heavy atom. The number of hydrogen-bond donors (Lipinski definition) is 6. The number of benzene rings is 7. The van der Waals surface area contributed by atoms with Gasteiger partial charge in [0.25, 0.3) is 61.3 Å². The van der Waals surface area contributed by atoms with Gasteiger partial charge in [-0.2, -0.15) is 85.4 Å². The molecular weight excluding hydrogens is 1770 g/mol. The second-order valence-electron chi connectivity index (χ2n) is 34.3. The molecule has 7 aromatic carbocycles. The van der Waals surface area contributed by atoms with E-state index in [2.05, 4.69) is 71.7 Å². The van der Waals surface area contributed by atoms with Crippen LogP contribution in [-0.4, -0.2) is 175 Å². The lowest BCUT2D eigenvalue weighted by Gasteiger charge is -2.32. The van der Waals surface area contributed by atoms with Crippen molar-refractivity contribution in [3.05, 3.63) is 286 Å². The highest BCUT2D eigenvalue weighted by Crippen LogP contribution is 2.51. The lowest BCUT2D eigenvalue weighted by Crippen LogP contribution is -2.51. The zero-order valence-corrected chi connectivity index (χ0v) is 80.9. The van der Waals surface area contributed by atoms with Crippen LogP contribution < -0.4 is 28.3 Å². The maximum Gasteiger partial charge on any atom is 0.302 e. The van der Waals surface area contributed by atoms with Crippen molar-refractivity contribution in [2.45, 2.75) is 171 Å². The van der Waals surface area contributed by atoms with E-state index in [9.17, 15) is 58.9 Å². The highest BCUT2D eigenvalue weighted by molar-refractivity contribution is 7.88. The second kappa shape index (κ2) is 48.3. The number of azide groups is 1. The summed E-state index contributed by atoms with van der Waals surface area (Å²) in [5, 5.41) is 12.0. The lowest BCUT2D eigenvalue weighted by molar-refractivity contribution is 0.288. The third-order valence-electron chi connectivity index (χ3n) is 23.0. The molecule has 0 bridgehead atoms. The molecule has 3 aliphatic heterocycles. The second-order valence-corrected chi connectivity index (χ2v) is 46.8. The van der Waals surface area contributed by atoms with Crippen LogP contribution in [0.5, 0.6) is 0 Å². The van der Waals surface area contributed by atoms with Crippen LogP contribution in [0.2, 0.25) is 0 Å². The number of hydrogen-bond acceptors (Lipinski definition) is 16. The standard InChI is InChI=1S/3C13H20N2O2S.C12H16N4O2S.3C12H16N2O2S.C2H6.N2/c2*1-13(8-9-13)11-15(18(16,17)14-2)10-12-6-4-3-5-7-12;1-4-12(2)10-15(18(16,17)14-3)11-13-8-6-5-7-9-13;1-12(7-8-12)10-16(19(17,18)15-14-13)9-11-5-3-2-4-6-11;1-12-7-11(12)13-17(15,16)14(9-12)8-10-5-3-2-4-6-10;15-17(16)13-9-12(6-7-12)10-14(17)8-11-4-2-1-3-5-11;1-11-7-8-13-17(15,16)14(9-11)10-12-5-3-2-4-6-12;2*1-2/h2*3-7,14H,8-11H2,1-2H3;5-9,14H,2,4,10-11H2,1,3H3;2-6H,7-10H2,1H3;2-6,11,13H,7-9H2,1H3;1-5,13H,6-10H2;2-6,13H,1,7-10H2;1-2H3;. The Morgan fingerprint density at radius 3 is 1.12 bits per heavy atom. The molecule has 128 heavy (non-hydrogen) atoms. The molecule has 702 valence electrons. The van der Waals surface area contributed by atoms with Crippen LogP contribution in [0, 0.1) is 37.9 Å². The van der Waals surface area contributed by atoms with Crippen LogP contribution >= 0.6 is 0 Å². The summed E-state index contributed by atoms with van der Waals surface area (Å²) in [6, 6.07) is 67.4. The fraction of sp³-hybridized carbons (Fsp3) is 0.483. The molecular formula is C89H130N18O14S7. The Kier molecular flexibility index (Phi) is 40.4. The van der Waals surface area contributed by atoms with Gasteiger partial charge in [-0.3, -0.25) is 0 Å². The summed E-state index contributed by atoms with van der Waals surface area (Å²) in [5.74, 6) is 0. The Bertz CT molecular complexity index is 5450. The van der Waals surface area contributed by atoms with Gasteiger partial charge in [0, 0.05) is 152 Å². The normalized spacial score (nSPS) is 20.2. The van der Waals surface area contributed by atoms with E-state index in [-0.39, 0.29) is 39.7 Å². The molecule has 15 rings (SSSR count). The first-order chi connectivity index (χ1) is 60.5. The molecule has 6 N–H and O–H groups in total. The molecule has 3 heterocycles. The van der Waals surface area contributed by atoms with E-state index < -0.39 is 71.5 Å². The van der Waals surface area contributed by atoms with E-state index in [0.717, 1.165) is 114 Å². The van der Waals surface area contributed by atoms with Gasteiger partial charge in [0.1, 0.15) is 0 Å². The highest BCUT2D eigenvalue weighted by Gasteiger charge is 2.58. The lowest BCUT2D eigenvalue weighted by atomic mass is 10.1. The van der Waals surface area contributed by atoms with Gasteiger partial charge in [0.05, 0.1) is 0 Å². The molecule has 2 atom stereocenters. The molecule has 8 fully saturated rings. The van der Waals surface area contributed by atoms with Crippen LogP contribution in [0.25, 0.3) is 10.4 Å². The van der Waals surface area contributed by atoms with E-state index in [1.54, 1.807) is 8.61 Å². The van der Waals surface area contributed by atoms with Crippen molar-refractivity contribution in [3.63, 3.8) is 0 Å². The number of nitrogens with one attached hydrogen (secondary N) is 6. The molecule has 2 unspecified atom stereocenters. The molecule has 8 aliphatic rings. The predicted molar refractivity (Wildman–Crippen MR) is 504 cm³/mol. The molecule has 39 heteroatoms. The largest absolute Gasteiger partial charge is 0.302 e. The molecule has 5 aliphatic carbocycles. The summed E-state index contributed by atoms with van der Waals surface area (Å²) < 4.78 is 196. The van der Waals surface area contributed by atoms with Crippen molar-refractivity contribution in [2.75, 3.05) is 80.0 Å². The Labute approximate surface area is 762 Å². The summed E-state index contributed by atoms with van der Waals surface area (Å²) in [7, 11) is -19.7. The Balaban J connectivity index is 0.000000203. The van der Waals surface area contributed by atoms with Crippen LogP contribution in [0.15, 0.2) is 241 Å². The first kappa shape index (κ1) is 107. The first-order valence-corrected chi connectivity index (χ1v) is 52.8. The predicted octanol–water partition coefficient (Wildman–Crippen LogP) is 12.8. The van der Waals surface area contributed by atoms with Gasteiger partial charge in [-0.25, -0.2) is 32.0 Å². The van der Waals surface area contributed by atoms with E-state index in [0.29, 0.717) is 105 Å². The summed E-state index contributed by atoms with van der Waals surface area (Å²) in [5.41, 5.74) is 17.8. The van der Waals surface area contributed by atoms with E-state index in [1.807, 2.05) is 240 Å². The zero-order valence-electron chi connectivity index (χ0n) is 75.2. The number of fused-ring (bicyclic) bond motifs is 1. The molecule has 0 amide bonds. The van der Waals surface area contributed by atoms with Crippen LogP contribution in [-0.2, 0) is 117 Å². The third kappa shape index (κ3) is 35.2. The monoisotopic (exact) mass is 1900 g/mol. The van der Waals surface area contributed by atoms with Crippen LogP contribution in [0.4, 0.5) is 0 Å². The Hall–Kier alpha value is -8.12. The molecule has 5 saturated carbocycles. The minimum atomic E-state index is -3.92. The van der Waals surface area contributed by atoms with Crippen molar-refractivity contribution < 1.29 is 58.9 Å². The van der Waals surface area contributed by atoms with Crippen LogP contribution in [0.3, 0.4) is 0 Å². The Morgan fingerprint density at radius 1 is 0.477 bits per heavy atom. The summed E-state index contributed by atoms with van der Waals surface area (Å²) >= 11 is 0. The van der Waals surface area contributed by atoms with Gasteiger partial charge < -0.3 is 0 Å². The first-order valence-electron chi connectivity index (χ1n) is 42.7. The van der Waals surface area contributed by atoms with Crippen molar-refractivity contribution in [1.82, 2.24) is 58.5 Å². The smallest absolute Gasteiger partial charge is 0.205 e. The van der Waals surface area contributed by atoms with Crippen molar-refractivity contribution >= 4 is 71.5 Å². The molecule has 1 spiro atoms. The zero-order chi connectivity index (χ0) is 94.3. The van der Waals surface area contributed by atoms with Gasteiger partial charge in [0.15, 0.2) is 0 Å². The topological polar surface area (TPSA) is 430 Å². The molecule has 0 radical (unpaired) electrons. The summed E-state index contributed by atoms with van der Waals surface area (Å²) in [6.07, 6.45) is 11.1.